The van der Waals surface area contributed by atoms with Crippen LogP contribution in [-0.4, -0.2) is 40.6 Å². The predicted molar refractivity (Wildman–Crippen MR) is 120 cm³/mol. The number of anilines is 1. The molecule has 1 unspecified atom stereocenters. The molecule has 0 aliphatic heterocycles. The second kappa shape index (κ2) is 10.7. The summed E-state index contributed by atoms with van der Waals surface area (Å²) in [5, 5.41) is 12.1. The van der Waals surface area contributed by atoms with Crippen LogP contribution in [0.25, 0.3) is 0 Å². The Morgan fingerprint density at radius 1 is 1.06 bits per heavy atom. The standard InChI is InChI=1S/C22H26N4O4S/c1-5-26-21(15(2)30-19-9-7-6-8-18(19)29-4)24-25-22(26)31-14-20(27)23-16-10-12-17(28-3)13-11-16/h6-13,15H,5,14H2,1-4H3,(H,23,27). The molecule has 164 valence electrons. The van der Waals surface area contributed by atoms with Crippen molar-refractivity contribution in [2.75, 3.05) is 25.3 Å². The fraction of sp³-hybridized carbons (Fsp3) is 0.318. The van der Waals surface area contributed by atoms with Crippen LogP contribution >= 0.6 is 11.8 Å². The second-order valence-corrected chi connectivity index (χ2v) is 7.50. The van der Waals surface area contributed by atoms with E-state index in [9.17, 15) is 4.79 Å². The number of thioether (sulfide) groups is 1. The van der Waals surface area contributed by atoms with E-state index in [0.717, 1.165) is 5.75 Å². The second-order valence-electron chi connectivity index (χ2n) is 6.56. The maximum atomic E-state index is 12.3. The molecule has 0 aliphatic carbocycles. The summed E-state index contributed by atoms with van der Waals surface area (Å²) in [4.78, 5) is 12.3. The van der Waals surface area contributed by atoms with Gasteiger partial charge in [0.15, 0.2) is 28.6 Å². The van der Waals surface area contributed by atoms with Crippen molar-refractivity contribution < 1.29 is 19.0 Å². The Hall–Kier alpha value is -3.20. The van der Waals surface area contributed by atoms with Gasteiger partial charge in [-0.1, -0.05) is 23.9 Å². The minimum absolute atomic E-state index is 0.124. The third-order valence-corrected chi connectivity index (χ3v) is 5.47. The zero-order valence-corrected chi connectivity index (χ0v) is 18.8. The summed E-state index contributed by atoms with van der Waals surface area (Å²) in [6.45, 7) is 4.57. The smallest absolute Gasteiger partial charge is 0.234 e. The molecule has 0 spiro atoms. The molecule has 3 rings (SSSR count). The monoisotopic (exact) mass is 442 g/mol. The van der Waals surface area contributed by atoms with E-state index in [1.165, 1.54) is 11.8 Å². The molecule has 1 aromatic heterocycles. The minimum Gasteiger partial charge on any atom is -0.497 e. The molecule has 1 atom stereocenters. The highest BCUT2D eigenvalue weighted by atomic mass is 32.2. The van der Waals surface area contributed by atoms with Crippen molar-refractivity contribution in [1.29, 1.82) is 0 Å². The lowest BCUT2D eigenvalue weighted by Gasteiger charge is -2.17. The van der Waals surface area contributed by atoms with E-state index in [-0.39, 0.29) is 17.8 Å². The average molecular weight is 443 g/mol. The Balaban J connectivity index is 1.63. The van der Waals surface area contributed by atoms with Crippen LogP contribution in [0.15, 0.2) is 53.7 Å². The molecule has 0 fully saturated rings. The molecule has 31 heavy (non-hydrogen) atoms. The summed E-state index contributed by atoms with van der Waals surface area (Å²) in [6, 6.07) is 14.7. The maximum absolute atomic E-state index is 12.3. The lowest BCUT2D eigenvalue weighted by Crippen LogP contribution is -2.15. The fourth-order valence-electron chi connectivity index (χ4n) is 2.97. The minimum atomic E-state index is -0.341. The third-order valence-electron chi connectivity index (χ3n) is 4.50. The van der Waals surface area contributed by atoms with Gasteiger partial charge in [-0.2, -0.15) is 0 Å². The van der Waals surface area contributed by atoms with E-state index in [1.807, 2.05) is 42.7 Å². The van der Waals surface area contributed by atoms with Gasteiger partial charge in [-0.3, -0.25) is 4.79 Å². The zero-order chi connectivity index (χ0) is 22.2. The molecule has 1 heterocycles. The first-order valence-electron chi connectivity index (χ1n) is 9.85. The van der Waals surface area contributed by atoms with Gasteiger partial charge >= 0.3 is 0 Å². The molecule has 3 aromatic rings. The van der Waals surface area contributed by atoms with E-state index in [1.54, 1.807) is 38.5 Å². The number of nitrogens with one attached hydrogen (secondary N) is 1. The highest BCUT2D eigenvalue weighted by Crippen LogP contribution is 2.31. The molecule has 0 aliphatic rings. The van der Waals surface area contributed by atoms with Crippen molar-refractivity contribution >= 4 is 23.4 Å². The first kappa shape index (κ1) is 22.5. The molecule has 0 radical (unpaired) electrons. The quantitative estimate of drug-likeness (QED) is 0.471. The number of amides is 1. The number of carbonyl (C=O) groups is 1. The molecular weight excluding hydrogens is 416 g/mol. The molecule has 9 heteroatoms. The predicted octanol–water partition coefficient (Wildman–Crippen LogP) is 4.19. The Morgan fingerprint density at radius 2 is 1.77 bits per heavy atom. The highest BCUT2D eigenvalue weighted by Gasteiger charge is 2.20. The van der Waals surface area contributed by atoms with E-state index in [4.69, 9.17) is 14.2 Å². The molecule has 0 bridgehead atoms. The van der Waals surface area contributed by atoms with Gasteiger partial charge in [-0.05, 0) is 50.2 Å². The SMILES string of the molecule is CCn1c(SCC(=O)Nc2ccc(OC)cc2)nnc1C(C)Oc1ccccc1OC. The third kappa shape index (κ3) is 5.69. The summed E-state index contributed by atoms with van der Waals surface area (Å²) < 4.78 is 18.5. The Morgan fingerprint density at radius 3 is 2.42 bits per heavy atom. The first-order chi connectivity index (χ1) is 15.0. The van der Waals surface area contributed by atoms with Crippen LogP contribution in [0.2, 0.25) is 0 Å². The molecular formula is C22H26N4O4S. The molecule has 2 aromatic carbocycles. The zero-order valence-electron chi connectivity index (χ0n) is 18.0. The number of hydrogen-bond donors (Lipinski definition) is 1. The van der Waals surface area contributed by atoms with Crippen molar-refractivity contribution in [3.8, 4) is 17.2 Å². The normalized spacial score (nSPS) is 11.6. The van der Waals surface area contributed by atoms with Crippen molar-refractivity contribution in [3.63, 3.8) is 0 Å². The van der Waals surface area contributed by atoms with Gasteiger partial charge in [0.2, 0.25) is 5.91 Å². The van der Waals surface area contributed by atoms with Crippen LogP contribution in [0, 0.1) is 0 Å². The molecule has 1 N–H and O–H groups in total. The van der Waals surface area contributed by atoms with Crippen LogP contribution in [0.1, 0.15) is 25.8 Å². The van der Waals surface area contributed by atoms with E-state index < -0.39 is 0 Å². The summed E-state index contributed by atoms with van der Waals surface area (Å²) in [5.41, 5.74) is 0.711. The largest absolute Gasteiger partial charge is 0.497 e. The van der Waals surface area contributed by atoms with E-state index in [0.29, 0.717) is 34.7 Å². The summed E-state index contributed by atoms with van der Waals surface area (Å²) in [5.74, 6) is 2.80. The van der Waals surface area contributed by atoms with Crippen LogP contribution in [0.4, 0.5) is 5.69 Å². The number of ether oxygens (including phenoxy) is 3. The highest BCUT2D eigenvalue weighted by molar-refractivity contribution is 7.99. The first-order valence-corrected chi connectivity index (χ1v) is 10.8. The Bertz CT molecular complexity index is 1010. The van der Waals surface area contributed by atoms with Crippen molar-refractivity contribution in [1.82, 2.24) is 14.8 Å². The van der Waals surface area contributed by atoms with Crippen LogP contribution in [-0.2, 0) is 11.3 Å². The number of rotatable bonds is 10. The maximum Gasteiger partial charge on any atom is 0.234 e. The average Bonchev–Trinajstić information content (AvgIpc) is 3.21. The van der Waals surface area contributed by atoms with E-state index >= 15 is 0 Å². The van der Waals surface area contributed by atoms with Crippen LogP contribution in [0.5, 0.6) is 17.2 Å². The number of hydrogen-bond acceptors (Lipinski definition) is 7. The van der Waals surface area contributed by atoms with Gasteiger partial charge in [0, 0.05) is 12.2 Å². The number of carbonyl (C=O) groups excluding carboxylic acids is 1. The molecule has 0 saturated heterocycles. The van der Waals surface area contributed by atoms with Crippen LogP contribution < -0.4 is 19.5 Å². The van der Waals surface area contributed by atoms with Gasteiger partial charge in [0.05, 0.1) is 20.0 Å². The van der Waals surface area contributed by atoms with Gasteiger partial charge in [-0.25, -0.2) is 0 Å². The number of methoxy groups -OCH3 is 2. The molecule has 0 saturated carbocycles. The number of nitrogens with zero attached hydrogens (tertiary/aromatic N) is 3. The van der Waals surface area contributed by atoms with Gasteiger partial charge in [0.1, 0.15) is 5.75 Å². The summed E-state index contributed by atoms with van der Waals surface area (Å²) >= 11 is 1.33. The van der Waals surface area contributed by atoms with Gasteiger partial charge in [-0.15, -0.1) is 10.2 Å². The number of para-hydroxylation sites is 2. The van der Waals surface area contributed by atoms with Crippen molar-refractivity contribution in [2.24, 2.45) is 0 Å². The van der Waals surface area contributed by atoms with Crippen molar-refractivity contribution in [3.05, 3.63) is 54.4 Å². The van der Waals surface area contributed by atoms with Crippen LogP contribution in [0.3, 0.4) is 0 Å². The summed E-state index contributed by atoms with van der Waals surface area (Å²) in [7, 11) is 3.21. The summed E-state index contributed by atoms with van der Waals surface area (Å²) in [6.07, 6.45) is -0.341. The van der Waals surface area contributed by atoms with Gasteiger partial charge in [0.25, 0.3) is 0 Å². The molecule has 8 nitrogen and oxygen atoms in total. The lowest BCUT2D eigenvalue weighted by atomic mass is 10.3. The lowest BCUT2D eigenvalue weighted by molar-refractivity contribution is -0.113. The Kier molecular flexibility index (Phi) is 7.77. The Labute approximate surface area is 185 Å². The number of benzene rings is 2. The van der Waals surface area contributed by atoms with Gasteiger partial charge < -0.3 is 24.1 Å². The topological polar surface area (TPSA) is 87.5 Å². The molecule has 1 amide bonds. The van der Waals surface area contributed by atoms with Crippen molar-refractivity contribution in [2.45, 2.75) is 31.7 Å². The van der Waals surface area contributed by atoms with E-state index in [2.05, 4.69) is 15.5 Å². The fourth-order valence-corrected chi connectivity index (χ4v) is 3.77. The number of aromatic nitrogens is 3.